The summed E-state index contributed by atoms with van der Waals surface area (Å²) in [5, 5.41) is 3.30. The van der Waals surface area contributed by atoms with Crippen LogP contribution in [0.4, 0.5) is 11.4 Å². The third-order valence-corrected chi connectivity index (χ3v) is 2.95. The van der Waals surface area contributed by atoms with Gasteiger partial charge in [-0.2, -0.15) is 0 Å². The van der Waals surface area contributed by atoms with Crippen LogP contribution in [0.2, 0.25) is 0 Å². The summed E-state index contributed by atoms with van der Waals surface area (Å²) in [4.78, 5) is 4.03. The number of anilines is 2. The fraction of sp³-hybridized carbons (Fsp3) is 0.214. The van der Waals surface area contributed by atoms with Crippen molar-refractivity contribution >= 4 is 17.6 Å². The van der Waals surface area contributed by atoms with Crippen LogP contribution in [-0.2, 0) is 0 Å². The molecule has 0 fully saturated rings. The summed E-state index contributed by atoms with van der Waals surface area (Å²) in [6, 6.07) is 4.08. The molecule has 0 aromatic heterocycles. The topological polar surface area (TPSA) is 50.4 Å². The van der Waals surface area contributed by atoms with E-state index in [1.54, 1.807) is 6.20 Å². The summed E-state index contributed by atoms with van der Waals surface area (Å²) in [6.45, 7) is 4.05. The van der Waals surface area contributed by atoms with Crippen LogP contribution in [0.1, 0.15) is 17.5 Å². The molecule has 1 aliphatic rings. The Morgan fingerprint density at radius 3 is 2.88 bits per heavy atom. The summed E-state index contributed by atoms with van der Waals surface area (Å²) >= 11 is 0. The van der Waals surface area contributed by atoms with Crippen molar-refractivity contribution in [1.29, 1.82) is 0 Å². The van der Waals surface area contributed by atoms with Crippen molar-refractivity contribution in [1.82, 2.24) is 0 Å². The van der Waals surface area contributed by atoms with Crippen LogP contribution in [0.15, 0.2) is 41.2 Å². The van der Waals surface area contributed by atoms with E-state index in [-0.39, 0.29) is 0 Å². The summed E-state index contributed by atoms with van der Waals surface area (Å²) in [6.07, 6.45) is 8.56. The number of nitrogens with one attached hydrogen (secondary N) is 1. The Morgan fingerprint density at radius 1 is 1.35 bits per heavy atom. The molecular formula is C14H17N3. The molecule has 0 amide bonds. The molecule has 17 heavy (non-hydrogen) atoms. The lowest BCUT2D eigenvalue weighted by atomic mass is 10.1. The van der Waals surface area contributed by atoms with Gasteiger partial charge in [0.15, 0.2) is 0 Å². The van der Waals surface area contributed by atoms with Crippen molar-refractivity contribution in [2.75, 3.05) is 11.1 Å². The number of hydrogen-bond donors (Lipinski definition) is 2. The maximum Gasteiger partial charge on any atom is 0.0430 e. The van der Waals surface area contributed by atoms with Crippen molar-refractivity contribution in [3.63, 3.8) is 0 Å². The average Bonchev–Trinajstić information content (AvgIpc) is 2.36. The first-order valence-electron chi connectivity index (χ1n) is 5.68. The average molecular weight is 227 g/mol. The van der Waals surface area contributed by atoms with E-state index < -0.39 is 0 Å². The van der Waals surface area contributed by atoms with Gasteiger partial charge in [0.25, 0.3) is 0 Å². The molecule has 0 unspecified atom stereocenters. The maximum absolute atomic E-state index is 6.00. The third kappa shape index (κ3) is 2.56. The fourth-order valence-electron chi connectivity index (χ4n) is 1.72. The van der Waals surface area contributed by atoms with Crippen LogP contribution in [0.5, 0.6) is 0 Å². The van der Waals surface area contributed by atoms with Crippen LogP contribution in [0, 0.1) is 13.8 Å². The zero-order chi connectivity index (χ0) is 12.3. The van der Waals surface area contributed by atoms with Crippen molar-refractivity contribution in [3.05, 3.63) is 47.3 Å². The Balaban J connectivity index is 2.17. The molecule has 0 atom stereocenters. The molecule has 88 valence electrons. The predicted molar refractivity (Wildman–Crippen MR) is 74.3 cm³/mol. The normalized spacial score (nSPS) is 16.5. The first kappa shape index (κ1) is 11.5. The Hall–Kier alpha value is -2.03. The van der Waals surface area contributed by atoms with Gasteiger partial charge in [-0.25, -0.2) is 0 Å². The SMILES string of the molecule is Cc1ccc(NC=C2C=CN=CC2)c(C)c1N. The number of allylic oxidation sites excluding steroid dienone is 2. The summed E-state index contributed by atoms with van der Waals surface area (Å²) in [5.74, 6) is 0. The first-order valence-corrected chi connectivity index (χ1v) is 5.68. The number of nitrogen functional groups attached to an aromatic ring is 1. The predicted octanol–water partition coefficient (Wildman–Crippen LogP) is 3.17. The lowest BCUT2D eigenvalue weighted by Crippen LogP contribution is -1.99. The molecule has 0 radical (unpaired) electrons. The third-order valence-electron chi connectivity index (χ3n) is 2.95. The molecular weight excluding hydrogens is 210 g/mol. The van der Waals surface area contributed by atoms with Crippen LogP contribution in [0.25, 0.3) is 0 Å². The van der Waals surface area contributed by atoms with Gasteiger partial charge in [0.1, 0.15) is 0 Å². The molecule has 2 rings (SSSR count). The number of nitrogens with zero attached hydrogens (tertiary/aromatic N) is 1. The first-order chi connectivity index (χ1) is 8.18. The van der Waals surface area contributed by atoms with Gasteiger partial charge in [-0.3, -0.25) is 4.99 Å². The molecule has 1 aliphatic heterocycles. The standard InChI is InChI=1S/C14H17N3/c1-10-3-4-13(11(2)14(10)15)17-9-12-5-7-16-8-6-12/h3-5,7-9,17H,6,15H2,1-2H3. The van der Waals surface area contributed by atoms with Crippen LogP contribution in [-0.4, -0.2) is 6.21 Å². The monoisotopic (exact) mass is 227 g/mol. The van der Waals surface area contributed by atoms with Crippen LogP contribution < -0.4 is 11.1 Å². The second-order valence-corrected chi connectivity index (χ2v) is 4.18. The molecule has 1 heterocycles. The highest BCUT2D eigenvalue weighted by Gasteiger charge is 2.03. The van der Waals surface area contributed by atoms with Gasteiger partial charge in [0, 0.05) is 36.4 Å². The number of aliphatic imine (C=N–C) groups is 1. The molecule has 0 saturated heterocycles. The Bertz CT molecular complexity index is 510. The summed E-state index contributed by atoms with van der Waals surface area (Å²) < 4.78 is 0. The lowest BCUT2D eigenvalue weighted by Gasteiger charge is -2.11. The molecule has 0 saturated carbocycles. The minimum atomic E-state index is 0.856. The molecule has 0 spiro atoms. The molecule has 1 aromatic rings. The number of nitrogens with two attached hydrogens (primary N) is 1. The van der Waals surface area contributed by atoms with Gasteiger partial charge in [-0.15, -0.1) is 0 Å². The Labute approximate surface area is 102 Å². The van der Waals surface area contributed by atoms with Gasteiger partial charge in [-0.05, 0) is 42.7 Å². The van der Waals surface area contributed by atoms with Crippen LogP contribution in [0.3, 0.4) is 0 Å². The van der Waals surface area contributed by atoms with E-state index in [2.05, 4.69) is 16.4 Å². The van der Waals surface area contributed by atoms with Gasteiger partial charge >= 0.3 is 0 Å². The second kappa shape index (κ2) is 4.87. The number of aryl methyl sites for hydroxylation is 1. The quantitative estimate of drug-likeness (QED) is 0.762. The second-order valence-electron chi connectivity index (χ2n) is 4.18. The van der Waals surface area contributed by atoms with Gasteiger partial charge in [0.05, 0.1) is 0 Å². The molecule has 3 heteroatoms. The van der Waals surface area contributed by atoms with Gasteiger partial charge in [-0.1, -0.05) is 6.07 Å². The van der Waals surface area contributed by atoms with Crippen LogP contribution >= 0.6 is 0 Å². The summed E-state index contributed by atoms with van der Waals surface area (Å²) in [7, 11) is 0. The summed E-state index contributed by atoms with van der Waals surface area (Å²) in [5.41, 5.74) is 11.3. The minimum Gasteiger partial charge on any atom is -0.398 e. The van der Waals surface area contributed by atoms with E-state index in [1.807, 2.05) is 38.4 Å². The van der Waals surface area contributed by atoms with E-state index in [4.69, 9.17) is 5.73 Å². The zero-order valence-corrected chi connectivity index (χ0v) is 10.2. The Morgan fingerprint density at radius 2 is 2.18 bits per heavy atom. The van der Waals surface area contributed by atoms with Crippen molar-refractivity contribution in [2.45, 2.75) is 20.3 Å². The van der Waals surface area contributed by atoms with Gasteiger partial charge in [0.2, 0.25) is 0 Å². The fourth-order valence-corrected chi connectivity index (χ4v) is 1.72. The number of hydrogen-bond acceptors (Lipinski definition) is 3. The molecule has 3 N–H and O–H groups in total. The van der Waals surface area contributed by atoms with Crippen molar-refractivity contribution in [3.8, 4) is 0 Å². The minimum absolute atomic E-state index is 0.856. The van der Waals surface area contributed by atoms with Gasteiger partial charge < -0.3 is 11.1 Å². The number of benzene rings is 1. The number of rotatable bonds is 2. The zero-order valence-electron chi connectivity index (χ0n) is 10.2. The molecule has 0 bridgehead atoms. The molecule has 1 aromatic carbocycles. The highest BCUT2D eigenvalue weighted by Crippen LogP contribution is 2.24. The van der Waals surface area contributed by atoms with E-state index in [1.165, 1.54) is 5.57 Å². The Kier molecular flexibility index (Phi) is 3.28. The molecule has 3 nitrogen and oxygen atoms in total. The highest BCUT2D eigenvalue weighted by atomic mass is 14.8. The van der Waals surface area contributed by atoms with E-state index in [9.17, 15) is 0 Å². The maximum atomic E-state index is 6.00. The smallest absolute Gasteiger partial charge is 0.0430 e. The van der Waals surface area contributed by atoms with E-state index in [0.717, 1.165) is 28.9 Å². The van der Waals surface area contributed by atoms with E-state index >= 15 is 0 Å². The molecule has 0 aliphatic carbocycles. The lowest BCUT2D eigenvalue weighted by molar-refractivity contribution is 1.29. The van der Waals surface area contributed by atoms with Crippen molar-refractivity contribution < 1.29 is 0 Å². The highest BCUT2D eigenvalue weighted by molar-refractivity contribution is 5.69. The van der Waals surface area contributed by atoms with Crippen molar-refractivity contribution in [2.24, 2.45) is 4.99 Å². The van der Waals surface area contributed by atoms with E-state index in [0.29, 0.717) is 0 Å². The largest absolute Gasteiger partial charge is 0.398 e.